The smallest absolute Gasteiger partial charge is 0.254 e. The molecule has 1 saturated heterocycles. The molecule has 20 heavy (non-hydrogen) atoms. The van der Waals surface area contributed by atoms with Crippen LogP contribution in [0.3, 0.4) is 0 Å². The van der Waals surface area contributed by atoms with Gasteiger partial charge in [0.05, 0.1) is 5.56 Å². The zero-order valence-electron chi connectivity index (χ0n) is 12.2. The van der Waals surface area contributed by atoms with Gasteiger partial charge in [-0.15, -0.1) is 0 Å². The molecule has 0 bridgehead atoms. The number of amides is 1. The summed E-state index contributed by atoms with van der Waals surface area (Å²) in [7, 11) is 0. The number of rotatable bonds is 3. The lowest BCUT2D eigenvalue weighted by atomic mass is 10.0. The van der Waals surface area contributed by atoms with E-state index < -0.39 is 0 Å². The van der Waals surface area contributed by atoms with Gasteiger partial charge in [0.1, 0.15) is 12.0 Å². The fourth-order valence-electron chi connectivity index (χ4n) is 3.51. The van der Waals surface area contributed by atoms with Crippen LogP contribution in [0.4, 0.5) is 0 Å². The number of hydrogen-bond acceptors (Lipinski definition) is 3. The van der Waals surface area contributed by atoms with Crippen molar-refractivity contribution in [3.63, 3.8) is 0 Å². The predicted octanol–water partition coefficient (Wildman–Crippen LogP) is 2.72. The summed E-state index contributed by atoms with van der Waals surface area (Å²) in [6.45, 7) is 4.11. The average Bonchev–Trinajstić information content (AvgIpc) is 3.10. The van der Waals surface area contributed by atoms with Crippen molar-refractivity contribution in [3.05, 3.63) is 23.7 Å². The molecule has 1 aliphatic carbocycles. The van der Waals surface area contributed by atoms with Gasteiger partial charge in [0, 0.05) is 25.2 Å². The standard InChI is InChI=1S/C16H24N2O2/c1-12-10-13(11-20-12)16(19)17-14-6-8-18(9-7-14)15-4-2-3-5-15/h10-11,14-15H,2-9H2,1H3,(H,17,19). The molecule has 1 saturated carbocycles. The van der Waals surface area contributed by atoms with E-state index in [2.05, 4.69) is 10.2 Å². The van der Waals surface area contributed by atoms with Crippen molar-refractivity contribution in [1.29, 1.82) is 0 Å². The van der Waals surface area contributed by atoms with Crippen molar-refractivity contribution < 1.29 is 9.21 Å². The third-order valence-corrected chi connectivity index (χ3v) is 4.70. The number of piperidine rings is 1. The van der Waals surface area contributed by atoms with E-state index in [0.717, 1.165) is 37.7 Å². The van der Waals surface area contributed by atoms with Crippen molar-refractivity contribution in [1.82, 2.24) is 10.2 Å². The molecule has 0 aromatic carbocycles. The predicted molar refractivity (Wildman–Crippen MR) is 77.8 cm³/mol. The van der Waals surface area contributed by atoms with Crippen LogP contribution in [-0.4, -0.2) is 36.0 Å². The Kier molecular flexibility index (Phi) is 4.10. The molecule has 0 spiro atoms. The highest BCUT2D eigenvalue weighted by atomic mass is 16.3. The third-order valence-electron chi connectivity index (χ3n) is 4.70. The summed E-state index contributed by atoms with van der Waals surface area (Å²) >= 11 is 0. The molecule has 4 nitrogen and oxygen atoms in total. The Hall–Kier alpha value is -1.29. The lowest BCUT2D eigenvalue weighted by Crippen LogP contribution is -2.47. The van der Waals surface area contributed by atoms with Crippen LogP contribution in [0.25, 0.3) is 0 Å². The second kappa shape index (κ2) is 6.00. The van der Waals surface area contributed by atoms with E-state index >= 15 is 0 Å². The Balaban J connectivity index is 1.47. The molecule has 0 unspecified atom stereocenters. The van der Waals surface area contributed by atoms with Crippen LogP contribution in [-0.2, 0) is 0 Å². The SMILES string of the molecule is Cc1cc(C(=O)NC2CCN(C3CCCC3)CC2)co1. The summed E-state index contributed by atoms with van der Waals surface area (Å²) in [5, 5.41) is 3.13. The Morgan fingerprint density at radius 1 is 1.25 bits per heavy atom. The Bertz CT molecular complexity index is 455. The first kappa shape index (κ1) is 13.7. The Morgan fingerprint density at radius 2 is 1.95 bits per heavy atom. The first-order chi connectivity index (χ1) is 9.72. The Morgan fingerprint density at radius 3 is 2.55 bits per heavy atom. The number of carbonyl (C=O) groups is 1. The number of nitrogens with zero attached hydrogens (tertiary/aromatic N) is 1. The molecule has 2 aliphatic rings. The summed E-state index contributed by atoms with van der Waals surface area (Å²) in [5.74, 6) is 0.785. The van der Waals surface area contributed by atoms with E-state index in [4.69, 9.17) is 4.42 Å². The maximum atomic E-state index is 12.1. The summed E-state index contributed by atoms with van der Waals surface area (Å²) in [5.41, 5.74) is 0.640. The van der Waals surface area contributed by atoms with Crippen molar-refractivity contribution in [3.8, 4) is 0 Å². The van der Waals surface area contributed by atoms with Crippen molar-refractivity contribution >= 4 is 5.91 Å². The van der Waals surface area contributed by atoms with Gasteiger partial charge in [0.25, 0.3) is 5.91 Å². The molecule has 2 fully saturated rings. The lowest BCUT2D eigenvalue weighted by Gasteiger charge is -2.36. The molecule has 1 aromatic rings. The van der Waals surface area contributed by atoms with Gasteiger partial charge in [0.2, 0.25) is 0 Å². The maximum Gasteiger partial charge on any atom is 0.254 e. The molecule has 1 aromatic heterocycles. The normalized spacial score (nSPS) is 22.2. The second-order valence-corrected chi connectivity index (χ2v) is 6.17. The molecule has 3 rings (SSSR count). The summed E-state index contributed by atoms with van der Waals surface area (Å²) in [6, 6.07) is 2.92. The van der Waals surface area contributed by atoms with E-state index in [1.54, 1.807) is 12.3 Å². The highest BCUT2D eigenvalue weighted by Crippen LogP contribution is 2.26. The van der Waals surface area contributed by atoms with Gasteiger partial charge >= 0.3 is 0 Å². The van der Waals surface area contributed by atoms with Crippen LogP contribution in [0.2, 0.25) is 0 Å². The monoisotopic (exact) mass is 276 g/mol. The molecule has 1 aliphatic heterocycles. The molecular formula is C16H24N2O2. The van der Waals surface area contributed by atoms with Gasteiger partial charge in [-0.05, 0) is 38.7 Å². The van der Waals surface area contributed by atoms with Crippen LogP contribution in [0.5, 0.6) is 0 Å². The number of nitrogens with one attached hydrogen (secondary N) is 1. The van der Waals surface area contributed by atoms with Gasteiger partial charge < -0.3 is 14.6 Å². The fraction of sp³-hybridized carbons (Fsp3) is 0.688. The van der Waals surface area contributed by atoms with Crippen LogP contribution < -0.4 is 5.32 Å². The Labute approximate surface area is 120 Å². The van der Waals surface area contributed by atoms with Gasteiger partial charge in [-0.2, -0.15) is 0 Å². The van der Waals surface area contributed by atoms with Gasteiger partial charge in [-0.25, -0.2) is 0 Å². The lowest BCUT2D eigenvalue weighted by molar-refractivity contribution is 0.0892. The van der Waals surface area contributed by atoms with E-state index in [0.29, 0.717) is 11.6 Å². The first-order valence-corrected chi connectivity index (χ1v) is 7.82. The maximum absolute atomic E-state index is 12.1. The number of carbonyl (C=O) groups excluding carboxylic acids is 1. The summed E-state index contributed by atoms with van der Waals surface area (Å²) < 4.78 is 5.19. The van der Waals surface area contributed by atoms with Crippen LogP contribution >= 0.6 is 0 Å². The number of hydrogen-bond donors (Lipinski definition) is 1. The summed E-state index contributed by atoms with van der Waals surface area (Å²) in [4.78, 5) is 14.7. The molecule has 110 valence electrons. The van der Waals surface area contributed by atoms with Gasteiger partial charge in [-0.3, -0.25) is 4.79 Å². The first-order valence-electron chi connectivity index (χ1n) is 7.82. The minimum atomic E-state index is 0.00108. The van der Waals surface area contributed by atoms with Crippen LogP contribution in [0.15, 0.2) is 16.7 Å². The van der Waals surface area contributed by atoms with Gasteiger partial charge in [-0.1, -0.05) is 12.8 Å². The van der Waals surface area contributed by atoms with Crippen LogP contribution in [0, 0.1) is 6.92 Å². The quantitative estimate of drug-likeness (QED) is 0.923. The van der Waals surface area contributed by atoms with E-state index in [-0.39, 0.29) is 5.91 Å². The molecule has 0 atom stereocenters. The zero-order chi connectivity index (χ0) is 13.9. The number of aryl methyl sites for hydroxylation is 1. The second-order valence-electron chi connectivity index (χ2n) is 6.17. The minimum Gasteiger partial charge on any atom is -0.469 e. The third kappa shape index (κ3) is 3.06. The minimum absolute atomic E-state index is 0.00108. The largest absolute Gasteiger partial charge is 0.469 e. The molecule has 0 radical (unpaired) electrons. The summed E-state index contributed by atoms with van der Waals surface area (Å²) in [6.07, 6.45) is 9.19. The van der Waals surface area contributed by atoms with Crippen LogP contribution in [0.1, 0.15) is 54.6 Å². The van der Waals surface area contributed by atoms with Crippen molar-refractivity contribution in [2.75, 3.05) is 13.1 Å². The molecule has 1 amide bonds. The molecular weight excluding hydrogens is 252 g/mol. The van der Waals surface area contributed by atoms with Gasteiger partial charge in [0.15, 0.2) is 0 Å². The molecule has 1 N–H and O–H groups in total. The van der Waals surface area contributed by atoms with E-state index in [9.17, 15) is 4.79 Å². The average molecular weight is 276 g/mol. The molecule has 4 heteroatoms. The van der Waals surface area contributed by atoms with Crippen molar-refractivity contribution in [2.45, 2.75) is 57.5 Å². The van der Waals surface area contributed by atoms with E-state index in [1.807, 2.05) is 6.92 Å². The highest BCUT2D eigenvalue weighted by Gasteiger charge is 2.27. The topological polar surface area (TPSA) is 45.5 Å². The number of likely N-dealkylation sites (tertiary alicyclic amines) is 1. The van der Waals surface area contributed by atoms with Crippen molar-refractivity contribution in [2.24, 2.45) is 0 Å². The zero-order valence-corrected chi connectivity index (χ0v) is 12.2. The van der Waals surface area contributed by atoms with E-state index in [1.165, 1.54) is 25.7 Å². The highest BCUT2D eigenvalue weighted by molar-refractivity contribution is 5.94. The molecule has 2 heterocycles. The number of furan rings is 1. The fourth-order valence-corrected chi connectivity index (χ4v) is 3.51.